The van der Waals surface area contributed by atoms with Gasteiger partial charge >= 0.3 is 17.3 Å². The molecule has 0 aromatic heterocycles. The molecule has 15 heteroatoms. The summed E-state index contributed by atoms with van der Waals surface area (Å²) in [6, 6.07) is 3.87. The van der Waals surface area contributed by atoms with Gasteiger partial charge in [-0.15, -0.1) is 10.2 Å². The number of esters is 1. The van der Waals surface area contributed by atoms with Gasteiger partial charge in [-0.25, -0.2) is 0 Å². The molecule has 0 heterocycles. The van der Waals surface area contributed by atoms with E-state index in [2.05, 4.69) is 22.1 Å². The maximum atomic E-state index is 14.2. The van der Waals surface area contributed by atoms with Crippen molar-refractivity contribution in [3.63, 3.8) is 0 Å². The molecule has 0 radical (unpaired) electrons. The number of nitro benzene ring substituents is 2. The average molecular weight is 547 g/mol. The van der Waals surface area contributed by atoms with Crippen molar-refractivity contribution < 1.29 is 33.3 Å². The number of benzene rings is 2. The predicted molar refractivity (Wildman–Crippen MR) is 139 cm³/mol. The molecule has 1 amide bonds. The van der Waals surface area contributed by atoms with Crippen molar-refractivity contribution in [2.45, 2.75) is 27.2 Å². The summed E-state index contributed by atoms with van der Waals surface area (Å²) in [6.07, 6.45) is 0.0522. The first kappa shape index (κ1) is 30.3. The molecule has 2 aromatic rings. The molecule has 2 rings (SSSR count). The summed E-state index contributed by atoms with van der Waals surface area (Å²) in [7, 11) is 1.38. The van der Waals surface area contributed by atoms with Crippen molar-refractivity contribution in [3.05, 3.63) is 62.5 Å². The largest absolute Gasteiger partial charge is 0.494 e. The van der Waals surface area contributed by atoms with Gasteiger partial charge in [0.1, 0.15) is 18.0 Å². The lowest BCUT2D eigenvalue weighted by molar-refractivity contribution is -0.395. The third-order valence-corrected chi connectivity index (χ3v) is 5.10. The second-order valence-electron chi connectivity index (χ2n) is 8.18. The minimum Gasteiger partial charge on any atom is -0.494 e. The first-order valence-corrected chi connectivity index (χ1v) is 11.5. The first-order chi connectivity index (χ1) is 18.4. The van der Waals surface area contributed by atoms with E-state index in [0.29, 0.717) is 29.9 Å². The summed E-state index contributed by atoms with van der Waals surface area (Å²) in [5.41, 5.74) is -1.19. The molecule has 1 N–H and O–H groups in total. The molecule has 0 spiro atoms. The quantitative estimate of drug-likeness (QED) is 0.114. The van der Waals surface area contributed by atoms with Gasteiger partial charge in [-0.3, -0.25) is 29.8 Å². The zero-order valence-corrected chi connectivity index (χ0v) is 21.7. The van der Waals surface area contributed by atoms with Gasteiger partial charge in [-0.2, -0.15) is 4.39 Å². The van der Waals surface area contributed by atoms with Crippen molar-refractivity contribution >= 4 is 46.0 Å². The van der Waals surface area contributed by atoms with Crippen LogP contribution in [0.2, 0.25) is 0 Å². The van der Waals surface area contributed by atoms with E-state index < -0.39 is 44.6 Å². The zero-order chi connectivity index (χ0) is 29.3. The van der Waals surface area contributed by atoms with Crippen molar-refractivity contribution in [2.24, 2.45) is 10.2 Å². The lowest BCUT2D eigenvalue weighted by Crippen LogP contribution is -2.27. The summed E-state index contributed by atoms with van der Waals surface area (Å²) >= 11 is 0. The van der Waals surface area contributed by atoms with Gasteiger partial charge in [-0.1, -0.05) is 6.58 Å². The van der Waals surface area contributed by atoms with Crippen LogP contribution in [0.5, 0.6) is 5.75 Å². The number of methoxy groups -OCH3 is 1. The molecular weight excluding hydrogens is 519 g/mol. The SMILES string of the molecule is C=C(C)COC(=O)CCN(CC)c1cc(NC(C)=O)c(N=Nc2cc(F)c([N+](=O)[O-])cc2[N+](=O)[O-])cc1OC. The van der Waals surface area contributed by atoms with Gasteiger partial charge < -0.3 is 19.7 Å². The zero-order valence-electron chi connectivity index (χ0n) is 21.7. The highest BCUT2D eigenvalue weighted by Gasteiger charge is 2.25. The number of nitrogens with one attached hydrogen (secondary N) is 1. The first-order valence-electron chi connectivity index (χ1n) is 11.5. The maximum absolute atomic E-state index is 14.2. The van der Waals surface area contributed by atoms with Gasteiger partial charge in [0.25, 0.3) is 0 Å². The smallest absolute Gasteiger partial charge is 0.311 e. The Morgan fingerprint density at radius 1 is 1.08 bits per heavy atom. The monoisotopic (exact) mass is 546 g/mol. The van der Waals surface area contributed by atoms with E-state index in [1.807, 2.05) is 6.92 Å². The Morgan fingerprint density at radius 2 is 1.72 bits per heavy atom. The fraction of sp³-hybridized carbons (Fsp3) is 0.333. The molecule has 0 atom stereocenters. The Hall–Kier alpha value is -4.95. The van der Waals surface area contributed by atoms with E-state index in [9.17, 15) is 34.2 Å². The number of ether oxygens (including phenoxy) is 2. The van der Waals surface area contributed by atoms with Crippen LogP contribution in [0.3, 0.4) is 0 Å². The van der Waals surface area contributed by atoms with Crippen LogP contribution in [0.25, 0.3) is 0 Å². The van der Waals surface area contributed by atoms with E-state index in [4.69, 9.17) is 9.47 Å². The molecule has 0 saturated carbocycles. The van der Waals surface area contributed by atoms with Crippen molar-refractivity contribution in [1.29, 1.82) is 0 Å². The third kappa shape index (κ3) is 8.28. The van der Waals surface area contributed by atoms with E-state index in [-0.39, 0.29) is 36.7 Å². The Balaban J connectivity index is 2.51. The summed E-state index contributed by atoms with van der Waals surface area (Å²) in [5.74, 6) is -1.98. The van der Waals surface area contributed by atoms with Crippen LogP contribution < -0.4 is 15.0 Å². The Morgan fingerprint density at radius 3 is 2.26 bits per heavy atom. The number of nitro groups is 2. The van der Waals surface area contributed by atoms with E-state index >= 15 is 0 Å². The second-order valence-corrected chi connectivity index (χ2v) is 8.18. The summed E-state index contributed by atoms with van der Waals surface area (Å²) in [5, 5.41) is 32.6. The number of carbonyl (C=O) groups is 2. The summed E-state index contributed by atoms with van der Waals surface area (Å²) in [4.78, 5) is 46.1. The molecule has 208 valence electrons. The number of halogens is 1. The summed E-state index contributed by atoms with van der Waals surface area (Å²) in [6.45, 7) is 9.30. The van der Waals surface area contributed by atoms with Crippen LogP contribution in [0, 0.1) is 26.0 Å². The molecule has 0 bridgehead atoms. The van der Waals surface area contributed by atoms with Gasteiger partial charge in [0, 0.05) is 32.1 Å². The number of rotatable bonds is 13. The summed E-state index contributed by atoms with van der Waals surface area (Å²) < 4.78 is 24.7. The van der Waals surface area contributed by atoms with E-state index in [0.717, 1.165) is 0 Å². The number of nitrogens with zero attached hydrogens (tertiary/aromatic N) is 5. The van der Waals surface area contributed by atoms with Crippen molar-refractivity contribution in [3.8, 4) is 5.75 Å². The Bertz CT molecular complexity index is 1330. The predicted octanol–water partition coefficient (Wildman–Crippen LogP) is 5.36. The number of amides is 1. The van der Waals surface area contributed by atoms with E-state index in [1.54, 1.807) is 11.8 Å². The van der Waals surface area contributed by atoms with Crippen molar-refractivity contribution in [2.75, 3.05) is 37.0 Å². The molecule has 0 unspecified atom stereocenters. The topological polar surface area (TPSA) is 179 Å². The van der Waals surface area contributed by atoms with Crippen LogP contribution >= 0.6 is 0 Å². The fourth-order valence-electron chi connectivity index (χ4n) is 3.31. The van der Waals surface area contributed by atoms with Gasteiger partial charge in [0.15, 0.2) is 5.69 Å². The average Bonchev–Trinajstić information content (AvgIpc) is 2.86. The second kappa shape index (κ2) is 13.6. The molecule has 0 saturated heterocycles. The molecule has 0 aliphatic heterocycles. The highest BCUT2D eigenvalue weighted by atomic mass is 19.1. The molecule has 2 aromatic carbocycles. The van der Waals surface area contributed by atoms with Gasteiger partial charge in [0.05, 0.1) is 40.8 Å². The molecule has 14 nitrogen and oxygen atoms in total. The molecular formula is C24H27FN6O8. The number of hydrogen-bond donors (Lipinski definition) is 1. The van der Waals surface area contributed by atoms with Crippen LogP contribution in [0.1, 0.15) is 27.2 Å². The van der Waals surface area contributed by atoms with Crippen LogP contribution in [0.15, 0.2) is 46.6 Å². The Labute approximate surface area is 222 Å². The molecule has 0 fully saturated rings. The van der Waals surface area contributed by atoms with E-state index in [1.165, 1.54) is 26.2 Å². The van der Waals surface area contributed by atoms with Crippen LogP contribution in [-0.2, 0) is 14.3 Å². The highest BCUT2D eigenvalue weighted by Crippen LogP contribution is 2.41. The molecule has 0 aliphatic rings. The standard InChI is InChI=1S/C24H27FN6O8/c1-6-29(8-7-24(33)39-13-14(2)3)22-10-17(26-15(4)32)18(11-23(22)38-5)27-28-19-9-16(25)20(30(34)35)12-21(19)31(36)37/h9-12H,2,6-8,13H2,1,3-5H3,(H,26,32). The van der Waals surface area contributed by atoms with Crippen LogP contribution in [-0.4, -0.2) is 48.5 Å². The molecule has 0 aliphatic carbocycles. The van der Waals surface area contributed by atoms with Crippen molar-refractivity contribution in [1.82, 2.24) is 0 Å². The fourth-order valence-corrected chi connectivity index (χ4v) is 3.31. The number of azo groups is 1. The highest BCUT2D eigenvalue weighted by molar-refractivity contribution is 5.94. The minimum absolute atomic E-state index is 0.00391. The Kier molecular flexibility index (Phi) is 10.5. The third-order valence-electron chi connectivity index (χ3n) is 5.10. The van der Waals surface area contributed by atoms with Gasteiger partial charge in [0.2, 0.25) is 11.7 Å². The normalized spacial score (nSPS) is 10.7. The number of carbonyl (C=O) groups excluding carboxylic acids is 2. The lowest BCUT2D eigenvalue weighted by atomic mass is 10.2. The minimum atomic E-state index is -1.34. The number of anilines is 2. The maximum Gasteiger partial charge on any atom is 0.311 e. The lowest BCUT2D eigenvalue weighted by Gasteiger charge is -2.26. The van der Waals surface area contributed by atoms with Crippen LogP contribution in [0.4, 0.5) is 38.5 Å². The van der Waals surface area contributed by atoms with Gasteiger partial charge in [-0.05, 0) is 25.5 Å². The molecule has 39 heavy (non-hydrogen) atoms. The number of hydrogen-bond acceptors (Lipinski definition) is 11.